The van der Waals surface area contributed by atoms with E-state index in [-0.39, 0.29) is 35.3 Å². The molecule has 0 rings (SSSR count). The molecule has 0 aliphatic heterocycles. The van der Waals surface area contributed by atoms with Gasteiger partial charge in [-0.1, -0.05) is 0 Å². The molecule has 0 unspecified atom stereocenters. The molecule has 3 N–H and O–H groups in total. The van der Waals surface area contributed by atoms with Crippen LogP contribution in [0.2, 0.25) is 0 Å². The van der Waals surface area contributed by atoms with Crippen molar-refractivity contribution in [3.8, 4) is 0 Å². The van der Waals surface area contributed by atoms with Crippen molar-refractivity contribution in [1.82, 2.24) is 0 Å². The third kappa shape index (κ3) is 4.93. The van der Waals surface area contributed by atoms with E-state index in [2.05, 4.69) is 12.6 Å². The molecule has 0 saturated heterocycles. The van der Waals surface area contributed by atoms with Crippen LogP contribution in [0.25, 0.3) is 0 Å². The number of aliphatic carboxylic acids is 1. The Morgan fingerprint density at radius 1 is 1.88 bits per heavy atom. The van der Waals surface area contributed by atoms with Gasteiger partial charge in [0.2, 0.25) is 0 Å². The molecule has 0 fully saturated rings. The average Bonchev–Trinajstić information content (AvgIpc) is 1.65. The normalized spacial score (nSPS) is 11.8. The number of hydrogen-bond donors (Lipinski definition) is 3. The first-order valence-electron chi connectivity index (χ1n) is 1.77. The summed E-state index contributed by atoms with van der Waals surface area (Å²) >= 11 is 3.65. The van der Waals surface area contributed by atoms with Crippen molar-refractivity contribution >= 4 is 48.2 Å². The Morgan fingerprint density at radius 3 is 2.25 bits per heavy atom. The van der Waals surface area contributed by atoms with Gasteiger partial charge in [-0.15, -0.1) is 0 Å². The van der Waals surface area contributed by atoms with Gasteiger partial charge >= 0.3 is 35.5 Å². The van der Waals surface area contributed by atoms with Gasteiger partial charge in [-0.3, -0.25) is 4.79 Å². The first kappa shape index (κ1) is 11.6. The van der Waals surface area contributed by atoms with E-state index in [9.17, 15) is 4.79 Å². The maximum absolute atomic E-state index is 9.76. The van der Waals surface area contributed by atoms with Gasteiger partial charge in [-0.25, -0.2) is 0 Å². The van der Waals surface area contributed by atoms with Gasteiger partial charge < -0.3 is 10.8 Å². The van der Waals surface area contributed by atoms with E-state index < -0.39 is 12.0 Å². The predicted octanol–water partition coefficient (Wildman–Crippen LogP) is -1.32. The number of carbonyl (C=O) groups is 1. The molecule has 0 aromatic heterocycles. The van der Waals surface area contributed by atoms with Crippen molar-refractivity contribution in [2.24, 2.45) is 5.73 Å². The average molecular weight is 145 g/mol. The summed E-state index contributed by atoms with van der Waals surface area (Å²) in [4.78, 5) is 9.76. The molecule has 0 aliphatic carbocycles. The zero-order valence-corrected chi connectivity index (χ0v) is 4.56. The summed E-state index contributed by atoms with van der Waals surface area (Å²) in [7, 11) is 0. The summed E-state index contributed by atoms with van der Waals surface area (Å²) in [6.45, 7) is 0. The van der Waals surface area contributed by atoms with Crippen LogP contribution >= 0.6 is 12.6 Å². The molecule has 0 aromatic carbocycles. The Labute approximate surface area is 75.3 Å². The zero-order valence-electron chi connectivity index (χ0n) is 3.66. The van der Waals surface area contributed by atoms with Crippen LogP contribution in [-0.2, 0) is 4.79 Å². The van der Waals surface area contributed by atoms with Crippen molar-refractivity contribution in [2.45, 2.75) is 6.04 Å². The van der Waals surface area contributed by atoms with Crippen molar-refractivity contribution in [1.29, 1.82) is 0 Å². The van der Waals surface area contributed by atoms with E-state index in [0.29, 0.717) is 0 Å². The topological polar surface area (TPSA) is 63.3 Å². The standard InChI is InChI=1S/C3H7NO2S.Na.H/c4-2(1-7)3(5)6;;/h2,7H,1,4H2,(H,5,6);;/t2-;;/m0../s1. The number of thiol groups is 1. The van der Waals surface area contributed by atoms with Gasteiger partial charge in [0.05, 0.1) is 0 Å². The summed E-state index contributed by atoms with van der Waals surface area (Å²) in [6, 6.07) is -0.816. The van der Waals surface area contributed by atoms with Gasteiger partial charge in [0.1, 0.15) is 6.04 Å². The van der Waals surface area contributed by atoms with Crippen LogP contribution in [0.4, 0.5) is 0 Å². The Kier molecular flexibility index (Phi) is 8.54. The molecule has 44 valence electrons. The maximum atomic E-state index is 9.76. The number of carboxylic acids is 1. The van der Waals surface area contributed by atoms with Gasteiger partial charge in [0.15, 0.2) is 0 Å². The van der Waals surface area contributed by atoms with Crippen LogP contribution in [0.15, 0.2) is 0 Å². The molecule has 0 saturated carbocycles. The van der Waals surface area contributed by atoms with E-state index in [1.165, 1.54) is 0 Å². The van der Waals surface area contributed by atoms with Crippen LogP contribution in [0, 0.1) is 0 Å². The number of carboxylic acid groups (broad SMARTS) is 1. The number of hydrogen-bond acceptors (Lipinski definition) is 3. The molecule has 1 atom stereocenters. The molecule has 0 heterocycles. The molecule has 8 heavy (non-hydrogen) atoms. The first-order valence-corrected chi connectivity index (χ1v) is 2.41. The van der Waals surface area contributed by atoms with Crippen molar-refractivity contribution < 1.29 is 9.90 Å². The molecule has 3 nitrogen and oxygen atoms in total. The van der Waals surface area contributed by atoms with E-state index >= 15 is 0 Å². The fraction of sp³-hybridized carbons (Fsp3) is 0.667. The minimum atomic E-state index is -1.00. The van der Waals surface area contributed by atoms with E-state index in [1.54, 1.807) is 0 Å². The second-order valence-electron chi connectivity index (χ2n) is 1.13. The summed E-state index contributed by atoms with van der Waals surface area (Å²) in [6.07, 6.45) is 0. The third-order valence-electron chi connectivity index (χ3n) is 0.514. The van der Waals surface area contributed by atoms with Crippen LogP contribution < -0.4 is 5.73 Å². The third-order valence-corrected chi connectivity index (χ3v) is 0.907. The van der Waals surface area contributed by atoms with Gasteiger partial charge in [0, 0.05) is 5.75 Å². The number of rotatable bonds is 2. The quantitative estimate of drug-likeness (QED) is 0.333. The van der Waals surface area contributed by atoms with Gasteiger partial charge in [0.25, 0.3) is 0 Å². The Hall–Kier alpha value is 0.780. The Bertz CT molecular complexity index is 79.7. The molecule has 0 aromatic rings. The molecular weight excluding hydrogens is 137 g/mol. The fourth-order valence-electron chi connectivity index (χ4n) is 0.0781. The monoisotopic (exact) mass is 145 g/mol. The van der Waals surface area contributed by atoms with Crippen molar-refractivity contribution in [2.75, 3.05) is 5.75 Å². The second-order valence-corrected chi connectivity index (χ2v) is 1.49. The molecular formula is C3H8NNaO2S. The summed E-state index contributed by atoms with van der Waals surface area (Å²) < 4.78 is 0. The van der Waals surface area contributed by atoms with E-state index in [1.807, 2.05) is 0 Å². The molecule has 5 heteroatoms. The predicted molar refractivity (Wildman–Crippen MR) is 36.6 cm³/mol. The second kappa shape index (κ2) is 5.91. The Balaban J connectivity index is 0. The molecule has 0 radical (unpaired) electrons. The molecule has 0 spiro atoms. The number of nitrogens with two attached hydrogens (primary N) is 1. The van der Waals surface area contributed by atoms with Crippen molar-refractivity contribution in [3.63, 3.8) is 0 Å². The van der Waals surface area contributed by atoms with Gasteiger partial charge in [-0.05, 0) is 0 Å². The summed E-state index contributed by atoms with van der Waals surface area (Å²) in [5, 5.41) is 8.01. The Morgan fingerprint density at radius 2 is 2.25 bits per heavy atom. The molecule has 0 amide bonds. The van der Waals surface area contributed by atoms with Crippen LogP contribution in [0.1, 0.15) is 0 Å². The van der Waals surface area contributed by atoms with Crippen LogP contribution in [-0.4, -0.2) is 52.4 Å². The SMILES string of the molecule is N[C@@H](CS)C(=O)O.[NaH]. The first-order chi connectivity index (χ1) is 3.18. The van der Waals surface area contributed by atoms with Crippen LogP contribution in [0.5, 0.6) is 0 Å². The van der Waals surface area contributed by atoms with E-state index in [4.69, 9.17) is 10.8 Å². The molecule has 0 aliphatic rings. The molecule has 0 bridgehead atoms. The van der Waals surface area contributed by atoms with Crippen molar-refractivity contribution in [3.05, 3.63) is 0 Å². The fourth-order valence-corrected chi connectivity index (χ4v) is 0.234. The minimum absolute atomic E-state index is 0. The van der Waals surface area contributed by atoms with Crippen LogP contribution in [0.3, 0.4) is 0 Å². The zero-order chi connectivity index (χ0) is 5.86. The summed E-state index contributed by atoms with van der Waals surface area (Å²) in [5.74, 6) is -0.815. The van der Waals surface area contributed by atoms with Gasteiger partial charge in [-0.2, -0.15) is 12.6 Å². The van der Waals surface area contributed by atoms with E-state index in [0.717, 1.165) is 0 Å². The summed E-state index contributed by atoms with van der Waals surface area (Å²) in [5.41, 5.74) is 4.94.